The number of carbonyl (C=O) groups is 1. The molecule has 0 aromatic carbocycles. The van der Waals surface area contributed by atoms with Gasteiger partial charge in [0.15, 0.2) is 0 Å². The van der Waals surface area contributed by atoms with E-state index in [2.05, 4.69) is 5.32 Å². The molecule has 0 bridgehead atoms. The van der Waals surface area contributed by atoms with Crippen LogP contribution in [0.5, 0.6) is 0 Å². The Labute approximate surface area is 97.4 Å². The van der Waals surface area contributed by atoms with Crippen LogP contribution in [0.1, 0.15) is 46.0 Å². The van der Waals surface area contributed by atoms with Crippen LogP contribution in [0.4, 0.5) is 0 Å². The van der Waals surface area contributed by atoms with Gasteiger partial charge in [0.25, 0.3) is 0 Å². The van der Waals surface area contributed by atoms with Crippen LogP contribution in [0, 0.1) is 0 Å². The molecule has 1 saturated carbocycles. The minimum atomic E-state index is -0.819. The predicted molar refractivity (Wildman–Crippen MR) is 62.5 cm³/mol. The molecule has 0 amide bonds. The van der Waals surface area contributed by atoms with Gasteiger partial charge in [-0.2, -0.15) is 0 Å². The van der Waals surface area contributed by atoms with Gasteiger partial charge in [-0.1, -0.05) is 13.3 Å². The van der Waals surface area contributed by atoms with Crippen LogP contribution in [0.2, 0.25) is 0 Å². The lowest BCUT2D eigenvalue weighted by Crippen LogP contribution is -2.55. The van der Waals surface area contributed by atoms with Crippen molar-refractivity contribution in [1.29, 1.82) is 0 Å². The molecule has 1 fully saturated rings. The first-order valence-corrected chi connectivity index (χ1v) is 6.07. The van der Waals surface area contributed by atoms with Gasteiger partial charge in [-0.25, -0.2) is 0 Å². The van der Waals surface area contributed by atoms with Gasteiger partial charge in [-0.15, -0.1) is 0 Å². The Kier molecular flexibility index (Phi) is 4.74. The fraction of sp³-hybridized carbons (Fsp3) is 0.917. The van der Waals surface area contributed by atoms with Gasteiger partial charge >= 0.3 is 5.97 Å². The van der Waals surface area contributed by atoms with E-state index >= 15 is 0 Å². The zero-order valence-electron chi connectivity index (χ0n) is 10.5. The number of hydrogen-bond donors (Lipinski definition) is 2. The van der Waals surface area contributed by atoms with Crippen molar-refractivity contribution in [3.8, 4) is 0 Å². The van der Waals surface area contributed by atoms with Crippen molar-refractivity contribution in [3.05, 3.63) is 0 Å². The summed E-state index contributed by atoms with van der Waals surface area (Å²) in [6, 6.07) is 0.178. The largest absolute Gasteiger partial charge is 0.480 e. The number of methoxy groups -OCH3 is 1. The predicted octanol–water partition coefficient (Wildman–Crippen LogP) is 1.79. The fourth-order valence-electron chi connectivity index (χ4n) is 2.52. The minimum absolute atomic E-state index is 0.163. The number of hydrogen-bond acceptors (Lipinski definition) is 3. The van der Waals surface area contributed by atoms with Gasteiger partial charge in [0.1, 0.15) is 5.54 Å². The summed E-state index contributed by atoms with van der Waals surface area (Å²) in [7, 11) is 1.70. The highest BCUT2D eigenvalue weighted by Gasteiger charge is 2.38. The van der Waals surface area contributed by atoms with Crippen molar-refractivity contribution in [2.24, 2.45) is 0 Å². The number of nitrogens with one attached hydrogen (secondary N) is 1. The van der Waals surface area contributed by atoms with E-state index in [4.69, 9.17) is 4.74 Å². The van der Waals surface area contributed by atoms with Gasteiger partial charge < -0.3 is 9.84 Å². The van der Waals surface area contributed by atoms with E-state index in [-0.39, 0.29) is 12.1 Å². The fourth-order valence-corrected chi connectivity index (χ4v) is 2.52. The van der Waals surface area contributed by atoms with E-state index in [0.717, 1.165) is 25.7 Å². The van der Waals surface area contributed by atoms with Gasteiger partial charge in [0.2, 0.25) is 0 Å². The molecular formula is C12H23NO3. The number of carboxylic acid groups (broad SMARTS) is 1. The van der Waals surface area contributed by atoms with Crippen molar-refractivity contribution in [3.63, 3.8) is 0 Å². The molecule has 0 heterocycles. The summed E-state index contributed by atoms with van der Waals surface area (Å²) in [5, 5.41) is 12.5. The summed E-state index contributed by atoms with van der Waals surface area (Å²) < 4.78 is 5.37. The van der Waals surface area contributed by atoms with Crippen LogP contribution in [-0.2, 0) is 9.53 Å². The molecule has 0 aromatic heterocycles. The third kappa shape index (κ3) is 2.95. The van der Waals surface area contributed by atoms with Crippen molar-refractivity contribution < 1.29 is 14.6 Å². The lowest BCUT2D eigenvalue weighted by molar-refractivity contribution is -0.145. The normalized spacial score (nSPS) is 28.9. The zero-order chi connectivity index (χ0) is 12.2. The maximum atomic E-state index is 11.3. The monoisotopic (exact) mass is 229 g/mol. The lowest BCUT2D eigenvalue weighted by Gasteiger charge is -2.32. The second-order valence-electron chi connectivity index (χ2n) is 4.84. The smallest absolute Gasteiger partial charge is 0.323 e. The van der Waals surface area contributed by atoms with Crippen molar-refractivity contribution in [2.75, 3.05) is 7.11 Å². The number of aliphatic carboxylic acids is 1. The standard InChI is InChI=1S/C12H23NO3/c1-4-8-12(2,11(14)15)13-9-6-5-7-10(9)16-3/h9-10,13H,4-8H2,1-3H3,(H,14,15). The molecule has 0 spiro atoms. The maximum Gasteiger partial charge on any atom is 0.323 e. The van der Waals surface area contributed by atoms with Crippen LogP contribution in [0.3, 0.4) is 0 Å². The molecule has 4 nitrogen and oxygen atoms in total. The van der Waals surface area contributed by atoms with Gasteiger partial charge in [0.05, 0.1) is 6.10 Å². The molecule has 0 aliphatic heterocycles. The molecule has 0 aromatic rings. The first-order valence-electron chi connectivity index (χ1n) is 6.07. The molecular weight excluding hydrogens is 206 g/mol. The summed E-state index contributed by atoms with van der Waals surface area (Å²) in [6.07, 6.45) is 4.81. The Morgan fingerprint density at radius 3 is 2.75 bits per heavy atom. The summed E-state index contributed by atoms with van der Waals surface area (Å²) in [4.78, 5) is 11.3. The quantitative estimate of drug-likeness (QED) is 0.729. The van der Waals surface area contributed by atoms with Crippen molar-refractivity contribution >= 4 is 5.97 Å². The van der Waals surface area contributed by atoms with Crippen LogP contribution >= 0.6 is 0 Å². The summed E-state index contributed by atoms with van der Waals surface area (Å²) in [6.45, 7) is 3.77. The lowest BCUT2D eigenvalue weighted by atomic mass is 9.94. The van der Waals surface area contributed by atoms with Crippen LogP contribution in [-0.4, -0.2) is 35.9 Å². The van der Waals surface area contributed by atoms with Crippen molar-refractivity contribution in [1.82, 2.24) is 5.32 Å². The van der Waals surface area contributed by atoms with E-state index in [0.29, 0.717) is 6.42 Å². The first kappa shape index (κ1) is 13.5. The SMILES string of the molecule is CCCC(C)(NC1CCCC1OC)C(=O)O. The minimum Gasteiger partial charge on any atom is -0.480 e. The van der Waals surface area contributed by atoms with Gasteiger partial charge in [-0.05, 0) is 32.6 Å². The van der Waals surface area contributed by atoms with E-state index in [1.165, 1.54) is 0 Å². The van der Waals surface area contributed by atoms with Crippen LogP contribution < -0.4 is 5.32 Å². The third-order valence-corrected chi connectivity index (χ3v) is 3.48. The highest BCUT2D eigenvalue weighted by atomic mass is 16.5. The van der Waals surface area contributed by atoms with Crippen LogP contribution in [0.15, 0.2) is 0 Å². The second-order valence-corrected chi connectivity index (χ2v) is 4.84. The second kappa shape index (κ2) is 5.64. The maximum absolute atomic E-state index is 11.3. The zero-order valence-corrected chi connectivity index (χ0v) is 10.5. The van der Waals surface area contributed by atoms with Crippen molar-refractivity contribution in [2.45, 2.75) is 63.6 Å². The number of ether oxygens (including phenoxy) is 1. The molecule has 0 saturated heterocycles. The topological polar surface area (TPSA) is 58.6 Å². The Bertz CT molecular complexity index is 244. The molecule has 0 radical (unpaired) electrons. The van der Waals surface area contributed by atoms with Gasteiger partial charge in [-0.3, -0.25) is 10.1 Å². The number of carboxylic acids is 1. The Morgan fingerprint density at radius 2 is 2.25 bits per heavy atom. The summed E-state index contributed by atoms with van der Waals surface area (Å²) in [5.41, 5.74) is -0.819. The Balaban J connectivity index is 2.64. The molecule has 16 heavy (non-hydrogen) atoms. The first-order chi connectivity index (χ1) is 7.53. The summed E-state index contributed by atoms with van der Waals surface area (Å²) >= 11 is 0. The third-order valence-electron chi connectivity index (χ3n) is 3.48. The van der Waals surface area contributed by atoms with E-state index < -0.39 is 11.5 Å². The van der Waals surface area contributed by atoms with E-state index in [1.807, 2.05) is 6.92 Å². The number of rotatable bonds is 6. The molecule has 1 aliphatic rings. The van der Waals surface area contributed by atoms with Gasteiger partial charge in [0, 0.05) is 13.2 Å². The molecule has 3 unspecified atom stereocenters. The molecule has 94 valence electrons. The summed E-state index contributed by atoms with van der Waals surface area (Å²) in [5.74, 6) is -0.767. The van der Waals surface area contributed by atoms with E-state index in [1.54, 1.807) is 14.0 Å². The Hall–Kier alpha value is -0.610. The van der Waals surface area contributed by atoms with Crippen LogP contribution in [0.25, 0.3) is 0 Å². The highest BCUT2D eigenvalue weighted by molar-refractivity contribution is 5.78. The molecule has 3 atom stereocenters. The highest BCUT2D eigenvalue weighted by Crippen LogP contribution is 2.25. The van der Waals surface area contributed by atoms with E-state index in [9.17, 15) is 9.90 Å². The molecule has 1 rings (SSSR count). The molecule has 2 N–H and O–H groups in total. The Morgan fingerprint density at radius 1 is 1.56 bits per heavy atom. The molecule has 1 aliphatic carbocycles. The molecule has 4 heteroatoms. The average molecular weight is 229 g/mol. The average Bonchev–Trinajstić information content (AvgIpc) is 2.65.